The van der Waals surface area contributed by atoms with Crippen molar-refractivity contribution in [3.05, 3.63) is 36.9 Å². The van der Waals surface area contributed by atoms with Gasteiger partial charge in [-0.2, -0.15) is 0 Å². The van der Waals surface area contributed by atoms with E-state index in [1.54, 1.807) is 24.4 Å². The van der Waals surface area contributed by atoms with Crippen LogP contribution in [0.2, 0.25) is 0 Å². The van der Waals surface area contributed by atoms with E-state index in [4.69, 9.17) is 10.5 Å². The van der Waals surface area contributed by atoms with Crippen LogP contribution in [0.3, 0.4) is 0 Å². The third kappa shape index (κ3) is 4.85. The topological polar surface area (TPSA) is 89.3 Å². The molecule has 123 valence electrons. The molecule has 0 saturated heterocycles. The minimum absolute atomic E-state index is 0.175. The number of benzene rings is 1. The Bertz CT molecular complexity index is 668. The number of nitrogens with zero attached hydrogens (tertiary/aromatic N) is 1. The second-order valence-electron chi connectivity index (χ2n) is 5.05. The fourth-order valence-corrected chi connectivity index (χ4v) is 2.58. The van der Waals surface area contributed by atoms with Gasteiger partial charge in [0.25, 0.3) is 0 Å². The van der Waals surface area contributed by atoms with Crippen molar-refractivity contribution in [2.75, 3.05) is 11.1 Å². The van der Waals surface area contributed by atoms with Gasteiger partial charge >= 0.3 is 6.03 Å². The number of carbonyl (C=O) groups excluding carboxylic acids is 1. The number of hydrogen-bond donors (Lipinski definition) is 3. The van der Waals surface area contributed by atoms with Gasteiger partial charge in [-0.3, -0.25) is 0 Å². The lowest BCUT2D eigenvalue weighted by molar-refractivity contribution is 0.247. The number of nitrogens with two attached hydrogens (primary N) is 1. The van der Waals surface area contributed by atoms with Gasteiger partial charge in [-0.1, -0.05) is 25.2 Å². The van der Waals surface area contributed by atoms with Crippen molar-refractivity contribution in [1.82, 2.24) is 10.3 Å². The highest BCUT2D eigenvalue weighted by Crippen LogP contribution is 2.31. The van der Waals surface area contributed by atoms with E-state index >= 15 is 0 Å². The van der Waals surface area contributed by atoms with Gasteiger partial charge in [0.05, 0.1) is 6.20 Å². The summed E-state index contributed by atoms with van der Waals surface area (Å²) in [6.45, 7) is 8.03. The molecule has 0 aliphatic rings. The third-order valence-corrected chi connectivity index (χ3v) is 4.06. The average molecular weight is 333 g/mol. The Morgan fingerprint density at radius 2 is 2.17 bits per heavy atom. The molecule has 0 aliphatic carbocycles. The minimum Gasteiger partial charge on any atom is -0.445 e. The summed E-state index contributed by atoms with van der Waals surface area (Å²) in [6, 6.07) is 5.23. The van der Waals surface area contributed by atoms with Gasteiger partial charge in [-0.25, -0.2) is 9.78 Å². The van der Waals surface area contributed by atoms with Crippen LogP contribution in [0.1, 0.15) is 32.3 Å². The number of anilines is 2. The molecule has 6 nitrogen and oxygen atoms in total. The molecule has 1 aromatic carbocycles. The van der Waals surface area contributed by atoms with Gasteiger partial charge < -0.3 is 21.1 Å². The van der Waals surface area contributed by atoms with Crippen LogP contribution in [0.25, 0.3) is 0 Å². The number of carbonyl (C=O) groups is 1. The monoisotopic (exact) mass is 333 g/mol. The molecule has 1 aromatic heterocycles. The molecule has 0 atom stereocenters. The molecule has 1 heterocycles. The Morgan fingerprint density at radius 3 is 2.74 bits per heavy atom. The maximum Gasteiger partial charge on any atom is 0.319 e. The van der Waals surface area contributed by atoms with Crippen molar-refractivity contribution in [3.8, 4) is 10.8 Å². The molecule has 2 amide bonds. The van der Waals surface area contributed by atoms with Crippen LogP contribution in [0.15, 0.2) is 24.4 Å². The Hall–Kier alpha value is -2.28. The number of ether oxygens (including phenoxy) is 1. The summed E-state index contributed by atoms with van der Waals surface area (Å²) in [5.74, 6) is 0.597. The smallest absolute Gasteiger partial charge is 0.319 e. The highest BCUT2D eigenvalue weighted by atomic mass is 32.1. The lowest BCUT2D eigenvalue weighted by Gasteiger charge is -2.16. The van der Waals surface area contributed by atoms with Crippen molar-refractivity contribution >= 4 is 28.2 Å². The van der Waals surface area contributed by atoms with Gasteiger partial charge in [0, 0.05) is 11.7 Å². The molecule has 4 N–H and O–H groups in total. The Balaban J connectivity index is 2.00. The summed E-state index contributed by atoms with van der Waals surface area (Å²) in [5, 5.41) is 6.76. The molecule has 0 saturated carbocycles. The molecular weight excluding hydrogens is 312 g/mol. The van der Waals surface area contributed by atoms with Crippen LogP contribution in [-0.2, 0) is 0 Å². The van der Waals surface area contributed by atoms with Crippen LogP contribution >= 0.6 is 11.3 Å². The Morgan fingerprint density at radius 1 is 1.43 bits per heavy atom. The van der Waals surface area contributed by atoms with Crippen LogP contribution < -0.4 is 21.1 Å². The summed E-state index contributed by atoms with van der Waals surface area (Å²) in [7, 11) is 0. The van der Waals surface area contributed by atoms with E-state index in [1.807, 2.05) is 13.8 Å². The Kier molecular flexibility index (Phi) is 5.81. The van der Waals surface area contributed by atoms with Gasteiger partial charge in [0.1, 0.15) is 5.75 Å². The van der Waals surface area contributed by atoms with Crippen LogP contribution in [0, 0.1) is 6.92 Å². The van der Waals surface area contributed by atoms with Gasteiger partial charge in [-0.05, 0) is 43.5 Å². The number of aromatic nitrogens is 1. The predicted octanol–water partition coefficient (Wildman–Crippen LogP) is 4.01. The molecule has 2 aromatic rings. The first-order valence-corrected chi connectivity index (χ1v) is 8.26. The molecule has 0 aliphatic heterocycles. The van der Waals surface area contributed by atoms with E-state index in [0.29, 0.717) is 27.2 Å². The molecule has 0 bridgehead atoms. The first kappa shape index (κ1) is 17.1. The molecule has 0 fully saturated rings. The summed E-state index contributed by atoms with van der Waals surface area (Å²) in [4.78, 5) is 15.9. The van der Waals surface area contributed by atoms with E-state index in [2.05, 4.69) is 22.5 Å². The molecule has 23 heavy (non-hydrogen) atoms. The number of nitrogens with one attached hydrogen (secondary N) is 2. The minimum atomic E-state index is -0.220. The van der Waals surface area contributed by atoms with E-state index in [1.165, 1.54) is 11.3 Å². The van der Waals surface area contributed by atoms with Crippen LogP contribution in [0.4, 0.5) is 15.6 Å². The summed E-state index contributed by atoms with van der Waals surface area (Å²) < 4.78 is 5.67. The number of amides is 2. The van der Waals surface area contributed by atoms with Crippen molar-refractivity contribution in [2.45, 2.75) is 32.7 Å². The van der Waals surface area contributed by atoms with Gasteiger partial charge in [0.15, 0.2) is 5.13 Å². The zero-order chi connectivity index (χ0) is 16.8. The largest absolute Gasteiger partial charge is 0.445 e. The fraction of sp³-hybridized carbons (Fsp3) is 0.312. The zero-order valence-electron chi connectivity index (χ0n) is 13.3. The molecule has 1 radical (unpaired) electrons. The SMILES string of the molecule is [CH2]c1cc(NC(=O)NC(CC)CC)ccc1Oc1cnc(N)s1. The van der Waals surface area contributed by atoms with Crippen molar-refractivity contribution in [3.63, 3.8) is 0 Å². The zero-order valence-corrected chi connectivity index (χ0v) is 14.1. The average Bonchev–Trinajstić information content (AvgIpc) is 2.93. The van der Waals surface area contributed by atoms with Gasteiger partial charge in [-0.15, -0.1) is 0 Å². The summed E-state index contributed by atoms with van der Waals surface area (Å²) in [6.07, 6.45) is 3.36. The summed E-state index contributed by atoms with van der Waals surface area (Å²) >= 11 is 1.25. The van der Waals surface area contributed by atoms with E-state index in [0.717, 1.165) is 12.8 Å². The van der Waals surface area contributed by atoms with Crippen LogP contribution in [0.5, 0.6) is 10.8 Å². The fourth-order valence-electron chi connectivity index (χ4n) is 2.03. The first-order chi connectivity index (χ1) is 11.0. The maximum atomic E-state index is 11.9. The molecule has 0 spiro atoms. The number of urea groups is 1. The van der Waals surface area contributed by atoms with E-state index in [-0.39, 0.29) is 12.1 Å². The van der Waals surface area contributed by atoms with E-state index < -0.39 is 0 Å². The molecule has 0 unspecified atom stereocenters. The first-order valence-electron chi connectivity index (χ1n) is 7.44. The maximum absolute atomic E-state index is 11.9. The highest BCUT2D eigenvalue weighted by Gasteiger charge is 2.10. The number of nitrogen functional groups attached to an aromatic ring is 1. The van der Waals surface area contributed by atoms with Crippen molar-refractivity contribution in [1.29, 1.82) is 0 Å². The number of hydrogen-bond acceptors (Lipinski definition) is 5. The van der Waals surface area contributed by atoms with Gasteiger partial charge in [0.2, 0.25) is 5.06 Å². The summed E-state index contributed by atoms with van der Waals surface area (Å²) in [5.41, 5.74) is 6.89. The highest BCUT2D eigenvalue weighted by molar-refractivity contribution is 7.17. The third-order valence-electron chi connectivity index (χ3n) is 3.35. The molecular formula is C16H21N4O2S. The molecule has 7 heteroatoms. The molecule has 2 rings (SSSR count). The standard InChI is InChI=1S/C16H21N4O2S/c1-4-11(5-2)19-16(21)20-12-6-7-13(10(3)8-12)22-14-9-18-15(17)23-14/h6-9,11H,3-5H2,1-2H3,(H2,17,18)(H2,19,20,21). The predicted molar refractivity (Wildman–Crippen MR) is 94.0 cm³/mol. The van der Waals surface area contributed by atoms with Crippen LogP contribution in [-0.4, -0.2) is 17.1 Å². The number of thiazole rings is 1. The van der Waals surface area contributed by atoms with Crippen molar-refractivity contribution in [2.24, 2.45) is 0 Å². The number of rotatable bonds is 6. The second-order valence-corrected chi connectivity index (χ2v) is 6.08. The quantitative estimate of drug-likeness (QED) is 0.745. The lowest BCUT2D eigenvalue weighted by Crippen LogP contribution is -2.37. The Labute approximate surface area is 140 Å². The van der Waals surface area contributed by atoms with E-state index in [9.17, 15) is 4.79 Å². The second kappa shape index (κ2) is 7.82. The lowest BCUT2D eigenvalue weighted by atomic mass is 10.2. The van der Waals surface area contributed by atoms with Crippen molar-refractivity contribution < 1.29 is 9.53 Å². The normalized spacial score (nSPS) is 10.6.